The van der Waals surface area contributed by atoms with Gasteiger partial charge in [0.25, 0.3) is 5.91 Å². The van der Waals surface area contributed by atoms with Crippen LogP contribution in [-0.2, 0) is 0 Å². The van der Waals surface area contributed by atoms with Crippen molar-refractivity contribution in [1.29, 1.82) is 0 Å². The van der Waals surface area contributed by atoms with Gasteiger partial charge >= 0.3 is 0 Å². The topological polar surface area (TPSA) is 45.5 Å². The van der Waals surface area contributed by atoms with Gasteiger partial charge in [0.1, 0.15) is 5.75 Å². The average Bonchev–Trinajstić information content (AvgIpc) is 2.90. The number of carbonyl (C=O) groups excluding carboxylic acids is 1. The van der Waals surface area contributed by atoms with Crippen molar-refractivity contribution in [1.82, 2.24) is 4.57 Å². The van der Waals surface area contributed by atoms with Crippen LogP contribution in [0.15, 0.2) is 61.2 Å². The van der Waals surface area contributed by atoms with Gasteiger partial charge in [0.05, 0.1) is 5.56 Å². The summed E-state index contributed by atoms with van der Waals surface area (Å²) in [5, 5.41) is 9.83. The van der Waals surface area contributed by atoms with Crippen LogP contribution in [0.25, 0.3) is 11.8 Å². The van der Waals surface area contributed by atoms with E-state index in [2.05, 4.69) is 6.58 Å². The normalized spacial score (nSPS) is 10.6. The number of hydrogen-bond acceptors (Lipinski definition) is 2. The number of para-hydroxylation sites is 1. The van der Waals surface area contributed by atoms with Crippen molar-refractivity contribution < 1.29 is 9.90 Å². The summed E-state index contributed by atoms with van der Waals surface area (Å²) < 4.78 is 1.98. The van der Waals surface area contributed by atoms with Crippen molar-refractivity contribution in [2.24, 2.45) is 0 Å². The molecule has 3 rings (SSSR count). The van der Waals surface area contributed by atoms with E-state index < -0.39 is 0 Å². The molecule has 1 heterocycles. The summed E-state index contributed by atoms with van der Waals surface area (Å²) in [6, 6.07) is 16.5. The molecule has 4 nitrogen and oxygen atoms in total. The monoisotopic (exact) mass is 346 g/mol. The Morgan fingerprint density at radius 3 is 2.38 bits per heavy atom. The second kappa shape index (κ2) is 6.92. The van der Waals surface area contributed by atoms with E-state index >= 15 is 0 Å². The summed E-state index contributed by atoms with van der Waals surface area (Å²) in [5.41, 5.74) is 4.79. The number of amides is 1. The van der Waals surface area contributed by atoms with E-state index in [4.69, 9.17) is 0 Å². The Morgan fingerprint density at radius 2 is 1.77 bits per heavy atom. The molecule has 0 radical (unpaired) electrons. The van der Waals surface area contributed by atoms with Gasteiger partial charge in [-0.05, 0) is 38.1 Å². The summed E-state index contributed by atoms with van der Waals surface area (Å²) in [7, 11) is 1.77. The van der Waals surface area contributed by atoms with Crippen molar-refractivity contribution >= 4 is 17.7 Å². The van der Waals surface area contributed by atoms with E-state index in [1.54, 1.807) is 36.2 Å². The zero-order chi connectivity index (χ0) is 18.8. The lowest BCUT2D eigenvalue weighted by atomic mass is 10.1. The van der Waals surface area contributed by atoms with Gasteiger partial charge < -0.3 is 14.6 Å². The fourth-order valence-electron chi connectivity index (χ4n) is 3.34. The SMILES string of the molecule is C=Cc1c(C(=O)N(C)c2ccccc2)c(C)n(-c2cccc(O)c2)c1C. The first-order valence-electron chi connectivity index (χ1n) is 8.42. The number of phenolic OH excluding ortho intramolecular Hbond substituents is 1. The number of hydrogen-bond donors (Lipinski definition) is 1. The van der Waals surface area contributed by atoms with Gasteiger partial charge in [-0.15, -0.1) is 0 Å². The number of nitrogens with zero attached hydrogens (tertiary/aromatic N) is 2. The number of carbonyl (C=O) groups is 1. The minimum Gasteiger partial charge on any atom is -0.508 e. The number of aromatic nitrogens is 1. The molecule has 4 heteroatoms. The van der Waals surface area contributed by atoms with Crippen LogP contribution in [0.2, 0.25) is 0 Å². The Kier molecular flexibility index (Phi) is 4.67. The standard InChI is InChI=1S/C22H22N2O2/c1-5-20-15(2)24(18-12-9-13-19(25)14-18)16(3)21(20)22(26)23(4)17-10-7-6-8-11-17/h5-14,25H,1H2,2-4H3. The molecule has 132 valence electrons. The van der Waals surface area contributed by atoms with E-state index in [1.807, 2.05) is 54.8 Å². The second-order valence-corrected chi connectivity index (χ2v) is 6.22. The van der Waals surface area contributed by atoms with E-state index in [0.29, 0.717) is 5.56 Å². The molecular weight excluding hydrogens is 324 g/mol. The summed E-state index contributed by atoms with van der Waals surface area (Å²) in [6.45, 7) is 7.76. The molecule has 0 saturated heterocycles. The molecule has 0 atom stereocenters. The van der Waals surface area contributed by atoms with Crippen LogP contribution in [0, 0.1) is 13.8 Å². The third-order valence-corrected chi connectivity index (χ3v) is 4.65. The number of aromatic hydroxyl groups is 1. The van der Waals surface area contributed by atoms with Gasteiger partial charge in [-0.3, -0.25) is 4.79 Å². The summed E-state index contributed by atoms with van der Waals surface area (Å²) >= 11 is 0. The van der Waals surface area contributed by atoms with Crippen molar-refractivity contribution in [2.45, 2.75) is 13.8 Å². The van der Waals surface area contributed by atoms with Gasteiger partial charge in [0.15, 0.2) is 0 Å². The third kappa shape index (κ3) is 2.90. The molecular formula is C22H22N2O2. The first kappa shape index (κ1) is 17.5. The second-order valence-electron chi connectivity index (χ2n) is 6.22. The predicted octanol–water partition coefficient (Wildman–Crippen LogP) is 4.72. The molecule has 0 spiro atoms. The van der Waals surface area contributed by atoms with E-state index in [1.165, 1.54) is 0 Å². The molecule has 1 N–H and O–H groups in total. The number of phenols is 1. The van der Waals surface area contributed by atoms with Gasteiger partial charge in [0, 0.05) is 41.4 Å². The molecule has 0 saturated carbocycles. The van der Waals surface area contributed by atoms with E-state index in [9.17, 15) is 9.90 Å². The molecule has 3 aromatic rings. The van der Waals surface area contributed by atoms with Crippen molar-refractivity contribution in [3.63, 3.8) is 0 Å². The number of rotatable bonds is 4. The molecule has 1 aromatic heterocycles. The Hall–Kier alpha value is -3.27. The van der Waals surface area contributed by atoms with Crippen LogP contribution in [0.3, 0.4) is 0 Å². The lowest BCUT2D eigenvalue weighted by Crippen LogP contribution is -2.27. The molecule has 0 aliphatic heterocycles. The van der Waals surface area contributed by atoms with Crippen molar-refractivity contribution in [3.05, 3.63) is 83.7 Å². The molecule has 26 heavy (non-hydrogen) atoms. The lowest BCUT2D eigenvalue weighted by Gasteiger charge is -2.18. The maximum atomic E-state index is 13.2. The number of anilines is 1. The van der Waals surface area contributed by atoms with Gasteiger partial charge in [-0.2, -0.15) is 0 Å². The first-order valence-corrected chi connectivity index (χ1v) is 8.42. The summed E-state index contributed by atoms with van der Waals surface area (Å²) in [6.07, 6.45) is 1.72. The Balaban J connectivity index is 2.15. The van der Waals surface area contributed by atoms with Crippen LogP contribution >= 0.6 is 0 Å². The maximum absolute atomic E-state index is 13.2. The van der Waals surface area contributed by atoms with Crippen LogP contribution in [0.4, 0.5) is 5.69 Å². The van der Waals surface area contributed by atoms with Crippen LogP contribution in [-0.4, -0.2) is 22.6 Å². The largest absolute Gasteiger partial charge is 0.508 e. The highest BCUT2D eigenvalue weighted by Gasteiger charge is 2.25. The highest BCUT2D eigenvalue weighted by atomic mass is 16.3. The Bertz CT molecular complexity index is 971. The van der Waals surface area contributed by atoms with Crippen LogP contribution in [0.1, 0.15) is 27.3 Å². The number of benzene rings is 2. The predicted molar refractivity (Wildman–Crippen MR) is 106 cm³/mol. The fraction of sp³-hybridized carbons (Fsp3) is 0.136. The summed E-state index contributed by atoms with van der Waals surface area (Å²) in [4.78, 5) is 14.9. The molecule has 0 fully saturated rings. The molecule has 0 aliphatic rings. The van der Waals surface area contributed by atoms with Crippen LogP contribution < -0.4 is 4.90 Å². The van der Waals surface area contributed by atoms with Crippen molar-refractivity contribution in [3.8, 4) is 11.4 Å². The Labute approximate surface area is 153 Å². The minimum atomic E-state index is -0.0920. The summed E-state index contributed by atoms with van der Waals surface area (Å²) in [5.74, 6) is 0.0926. The lowest BCUT2D eigenvalue weighted by molar-refractivity contribution is 0.0992. The molecule has 0 aliphatic carbocycles. The van der Waals surface area contributed by atoms with Gasteiger partial charge in [0.2, 0.25) is 0 Å². The van der Waals surface area contributed by atoms with Crippen LogP contribution in [0.5, 0.6) is 5.75 Å². The minimum absolute atomic E-state index is 0.0920. The molecule has 0 unspecified atom stereocenters. The average molecular weight is 346 g/mol. The third-order valence-electron chi connectivity index (χ3n) is 4.65. The zero-order valence-electron chi connectivity index (χ0n) is 15.2. The molecule has 0 bridgehead atoms. The molecule has 2 aromatic carbocycles. The van der Waals surface area contributed by atoms with Gasteiger partial charge in [-0.1, -0.05) is 36.9 Å². The Morgan fingerprint density at radius 1 is 1.08 bits per heavy atom. The quantitative estimate of drug-likeness (QED) is 0.743. The zero-order valence-corrected chi connectivity index (χ0v) is 15.2. The van der Waals surface area contributed by atoms with Gasteiger partial charge in [-0.25, -0.2) is 0 Å². The highest BCUT2D eigenvalue weighted by molar-refractivity contribution is 6.09. The highest BCUT2D eigenvalue weighted by Crippen LogP contribution is 2.30. The van der Waals surface area contributed by atoms with E-state index in [-0.39, 0.29) is 11.7 Å². The van der Waals surface area contributed by atoms with Crippen molar-refractivity contribution in [2.75, 3.05) is 11.9 Å². The van der Waals surface area contributed by atoms with E-state index in [0.717, 1.165) is 28.3 Å². The first-order chi connectivity index (χ1) is 12.5. The molecule has 1 amide bonds. The smallest absolute Gasteiger partial charge is 0.260 e. The maximum Gasteiger partial charge on any atom is 0.260 e. The fourth-order valence-corrected chi connectivity index (χ4v) is 3.34.